The Kier molecular flexibility index (Phi) is 6.70. The third-order valence-electron chi connectivity index (χ3n) is 6.67. The molecule has 1 fully saturated rings. The van der Waals surface area contributed by atoms with E-state index in [1.165, 1.54) is 30.5 Å². The van der Waals surface area contributed by atoms with Crippen molar-refractivity contribution in [3.05, 3.63) is 53.6 Å². The summed E-state index contributed by atoms with van der Waals surface area (Å²) in [6.07, 6.45) is 2.74. The van der Waals surface area contributed by atoms with Gasteiger partial charge in [-0.25, -0.2) is 17.8 Å². The molecule has 1 saturated heterocycles. The van der Waals surface area contributed by atoms with E-state index >= 15 is 0 Å². The van der Waals surface area contributed by atoms with Crippen molar-refractivity contribution in [2.24, 2.45) is 0 Å². The molecule has 0 bridgehead atoms. The van der Waals surface area contributed by atoms with E-state index in [2.05, 4.69) is 4.98 Å². The highest BCUT2D eigenvalue weighted by molar-refractivity contribution is 7.92. The van der Waals surface area contributed by atoms with E-state index in [1.54, 1.807) is 31.7 Å². The Morgan fingerprint density at radius 1 is 1.20 bits per heavy atom. The van der Waals surface area contributed by atoms with Gasteiger partial charge in [0.05, 0.1) is 21.9 Å². The lowest BCUT2D eigenvalue weighted by molar-refractivity contribution is -0.0874. The second-order valence-corrected chi connectivity index (χ2v) is 13.3. The van der Waals surface area contributed by atoms with E-state index in [9.17, 15) is 17.6 Å². The number of rotatable bonds is 4. The van der Waals surface area contributed by atoms with Crippen LogP contribution < -0.4 is 4.74 Å². The number of carbonyl (C=O) groups excluding carboxylic acids is 1. The third kappa shape index (κ3) is 5.07. The fourth-order valence-corrected chi connectivity index (χ4v) is 5.79. The Bertz CT molecular complexity index is 1200. The molecule has 0 radical (unpaired) electrons. The second-order valence-electron chi connectivity index (χ2n) is 10.6. The monoisotopic (exact) mass is 504 g/mol. The van der Waals surface area contributed by atoms with Crippen LogP contribution in [0.2, 0.25) is 0 Å². The normalized spacial score (nSPS) is 20.0. The lowest BCUT2D eigenvalue weighted by atomic mass is 9.81. The number of carbonyl (C=O) groups is 1. The van der Waals surface area contributed by atoms with Crippen LogP contribution in [0, 0.1) is 5.82 Å². The fraction of sp³-hybridized carbons (Fsp3) is 0.538. The Morgan fingerprint density at radius 2 is 1.89 bits per heavy atom. The molecule has 2 aliphatic heterocycles. The summed E-state index contributed by atoms with van der Waals surface area (Å²) >= 11 is 0. The van der Waals surface area contributed by atoms with E-state index in [0.717, 1.165) is 5.56 Å². The van der Waals surface area contributed by atoms with Crippen LogP contribution in [0.3, 0.4) is 0 Å². The highest BCUT2D eigenvalue weighted by Crippen LogP contribution is 2.46. The van der Waals surface area contributed by atoms with Crippen LogP contribution in [0.25, 0.3) is 0 Å². The Balaban J connectivity index is 1.47. The van der Waals surface area contributed by atoms with Gasteiger partial charge >= 0.3 is 0 Å². The molecule has 0 aliphatic carbocycles. The highest BCUT2D eigenvalue weighted by atomic mass is 32.2. The number of sulfone groups is 1. The largest absolute Gasteiger partial charge is 0.487 e. The van der Waals surface area contributed by atoms with Crippen LogP contribution in [-0.2, 0) is 14.6 Å². The summed E-state index contributed by atoms with van der Waals surface area (Å²) in [6.45, 7) is 9.72. The van der Waals surface area contributed by atoms with Gasteiger partial charge in [0.25, 0.3) is 5.91 Å². The van der Waals surface area contributed by atoms with Crippen molar-refractivity contribution in [1.82, 2.24) is 9.88 Å². The Morgan fingerprint density at radius 3 is 2.46 bits per heavy atom. The molecule has 3 heterocycles. The average molecular weight is 505 g/mol. The molecular formula is C26H33FN2O5S. The number of ether oxygens (including phenoxy) is 2. The maximum absolute atomic E-state index is 13.9. The first-order chi connectivity index (χ1) is 16.3. The quantitative estimate of drug-likeness (QED) is 0.599. The van der Waals surface area contributed by atoms with Crippen LogP contribution in [0.1, 0.15) is 76.0 Å². The maximum Gasteiger partial charge on any atom is 0.272 e. The van der Waals surface area contributed by atoms with E-state index in [-0.39, 0.29) is 34.5 Å². The topological polar surface area (TPSA) is 85.8 Å². The van der Waals surface area contributed by atoms with Gasteiger partial charge in [-0.15, -0.1) is 0 Å². The zero-order valence-electron chi connectivity index (χ0n) is 20.9. The van der Waals surface area contributed by atoms with Crippen LogP contribution in [0.4, 0.5) is 4.39 Å². The number of pyridine rings is 1. The molecule has 1 spiro atoms. The van der Waals surface area contributed by atoms with Gasteiger partial charge in [-0.1, -0.05) is 0 Å². The SMILES string of the molecule is CC(C)O[C@@H]1CC2(CCN(C(=O)c3ccc(S(=O)(=O)C(C)(C)C)cn3)CC2)Oc2ccc(F)cc21. The van der Waals surface area contributed by atoms with Gasteiger partial charge in [0.15, 0.2) is 9.84 Å². The number of hydrogen-bond acceptors (Lipinski definition) is 6. The van der Waals surface area contributed by atoms with Crippen LogP contribution in [0.5, 0.6) is 5.75 Å². The minimum absolute atomic E-state index is 0.0240. The molecule has 9 heteroatoms. The van der Waals surface area contributed by atoms with Gasteiger partial charge in [-0.2, -0.15) is 0 Å². The van der Waals surface area contributed by atoms with Gasteiger partial charge in [-0.3, -0.25) is 4.79 Å². The van der Waals surface area contributed by atoms with Crippen molar-refractivity contribution in [2.45, 2.75) is 81.3 Å². The van der Waals surface area contributed by atoms with Crippen molar-refractivity contribution < 1.29 is 27.1 Å². The van der Waals surface area contributed by atoms with Crippen LogP contribution in [-0.4, -0.2) is 53.8 Å². The first-order valence-electron chi connectivity index (χ1n) is 12.0. The summed E-state index contributed by atoms with van der Waals surface area (Å²) in [5.74, 6) is 0.0584. The van der Waals surface area contributed by atoms with E-state index in [1.807, 2.05) is 13.8 Å². The molecule has 2 aliphatic rings. The molecule has 1 aromatic carbocycles. The predicted molar refractivity (Wildman–Crippen MR) is 130 cm³/mol. The fourth-order valence-electron chi connectivity index (χ4n) is 4.64. The van der Waals surface area contributed by atoms with Crippen molar-refractivity contribution in [3.63, 3.8) is 0 Å². The van der Waals surface area contributed by atoms with E-state index in [0.29, 0.717) is 38.1 Å². The van der Waals surface area contributed by atoms with Gasteiger partial charge in [0, 0.05) is 44.1 Å². The van der Waals surface area contributed by atoms with E-state index < -0.39 is 20.2 Å². The summed E-state index contributed by atoms with van der Waals surface area (Å²) in [4.78, 5) is 19.1. The number of amides is 1. The number of halogens is 1. The molecule has 0 saturated carbocycles. The van der Waals surface area contributed by atoms with Crippen LogP contribution >= 0.6 is 0 Å². The molecule has 0 unspecified atom stereocenters. The molecular weight excluding hydrogens is 471 g/mol. The summed E-state index contributed by atoms with van der Waals surface area (Å²) < 4.78 is 50.7. The number of fused-ring (bicyclic) bond motifs is 1. The van der Waals surface area contributed by atoms with Crippen LogP contribution in [0.15, 0.2) is 41.4 Å². The summed E-state index contributed by atoms with van der Waals surface area (Å²) in [6, 6.07) is 7.43. The van der Waals surface area contributed by atoms with Gasteiger partial charge in [-0.05, 0) is 65.0 Å². The first kappa shape index (κ1) is 25.6. The molecule has 2 aromatic rings. The molecule has 0 N–H and O–H groups in total. The van der Waals surface area contributed by atoms with Crippen molar-refractivity contribution in [2.75, 3.05) is 13.1 Å². The zero-order valence-corrected chi connectivity index (χ0v) is 21.7. The number of aromatic nitrogens is 1. The van der Waals surface area contributed by atoms with Crippen molar-refractivity contribution >= 4 is 15.7 Å². The third-order valence-corrected chi connectivity index (χ3v) is 9.15. The molecule has 190 valence electrons. The lowest BCUT2D eigenvalue weighted by Crippen LogP contribution is -2.52. The molecule has 4 rings (SSSR count). The second kappa shape index (κ2) is 9.17. The Labute approximate surface area is 206 Å². The van der Waals surface area contributed by atoms with Crippen molar-refractivity contribution in [1.29, 1.82) is 0 Å². The number of hydrogen-bond donors (Lipinski definition) is 0. The number of piperidine rings is 1. The van der Waals surface area contributed by atoms with Gasteiger partial charge in [0.2, 0.25) is 0 Å². The smallest absolute Gasteiger partial charge is 0.272 e. The molecule has 7 nitrogen and oxygen atoms in total. The van der Waals surface area contributed by atoms with Crippen molar-refractivity contribution in [3.8, 4) is 5.75 Å². The average Bonchev–Trinajstić information content (AvgIpc) is 2.79. The predicted octanol–water partition coefficient (Wildman–Crippen LogP) is 4.72. The number of nitrogens with zero attached hydrogens (tertiary/aromatic N) is 2. The van der Waals surface area contributed by atoms with E-state index in [4.69, 9.17) is 9.47 Å². The molecule has 35 heavy (non-hydrogen) atoms. The lowest BCUT2D eigenvalue weighted by Gasteiger charge is -2.47. The summed E-state index contributed by atoms with van der Waals surface area (Å²) in [7, 11) is -3.54. The highest BCUT2D eigenvalue weighted by Gasteiger charge is 2.45. The molecule has 1 amide bonds. The maximum atomic E-state index is 13.9. The van der Waals surface area contributed by atoms with Gasteiger partial charge < -0.3 is 14.4 Å². The van der Waals surface area contributed by atoms with Gasteiger partial charge in [0.1, 0.15) is 22.9 Å². The molecule has 1 atom stereocenters. The number of likely N-dealkylation sites (tertiary alicyclic amines) is 1. The minimum Gasteiger partial charge on any atom is -0.487 e. The standard InChI is InChI=1S/C26H33FN2O5S/c1-17(2)33-23-15-26(34-22-9-6-18(27)14-20(22)23)10-12-29(13-11-26)24(30)21-8-7-19(16-28-21)35(31,32)25(3,4)5/h6-9,14,16-17,23H,10-13,15H2,1-5H3/t23-/m1/s1. The minimum atomic E-state index is -3.54. The zero-order chi connectivity index (χ0) is 25.6. The number of benzene rings is 1. The first-order valence-corrected chi connectivity index (χ1v) is 13.4. The summed E-state index contributed by atoms with van der Waals surface area (Å²) in [5, 5.41) is 0. The summed E-state index contributed by atoms with van der Waals surface area (Å²) in [5.41, 5.74) is 0.428. The molecule has 1 aromatic heterocycles. The Hall–Kier alpha value is -2.52.